The Kier molecular flexibility index (Phi) is 39.3. The van der Waals surface area contributed by atoms with Crippen LogP contribution in [-0.2, 0) is 0 Å². The Morgan fingerprint density at radius 2 is 0.375 bits per heavy atom. The molecule has 0 aliphatic heterocycles. The summed E-state index contributed by atoms with van der Waals surface area (Å²) in [5, 5.41) is 0. The molecule has 0 unspecified atom stereocenters. The zero-order chi connectivity index (χ0) is 28.5. The summed E-state index contributed by atoms with van der Waals surface area (Å²) in [5.41, 5.74) is 0. The van der Waals surface area contributed by atoms with Gasteiger partial charge in [0.1, 0.15) is 0 Å². The summed E-state index contributed by atoms with van der Waals surface area (Å²) >= 11 is 0. The molecule has 0 spiro atoms. The molecule has 244 valence electrons. The third-order valence-corrected chi connectivity index (χ3v) is 14.5. The molecular formula is C38H80IP. The van der Waals surface area contributed by atoms with E-state index < -0.39 is 7.26 Å². The highest BCUT2D eigenvalue weighted by molar-refractivity contribution is 7.75. The molecule has 0 heterocycles. The van der Waals surface area contributed by atoms with Crippen LogP contribution >= 0.6 is 7.26 Å². The molecule has 0 N–H and O–H groups in total. The van der Waals surface area contributed by atoms with Crippen LogP contribution in [0.4, 0.5) is 0 Å². The average Bonchev–Trinajstić information content (AvgIpc) is 2.94. The molecule has 0 saturated heterocycles. The van der Waals surface area contributed by atoms with Crippen LogP contribution in [0.1, 0.15) is 220 Å². The van der Waals surface area contributed by atoms with E-state index in [1.807, 2.05) is 0 Å². The van der Waals surface area contributed by atoms with E-state index in [2.05, 4.69) is 27.7 Å². The molecule has 0 radical (unpaired) electrons. The second-order valence-electron chi connectivity index (χ2n) is 13.4. The Labute approximate surface area is 274 Å². The zero-order valence-corrected chi connectivity index (χ0v) is 31.9. The molecule has 2 heteroatoms. The molecule has 0 aromatic carbocycles. The Morgan fingerprint density at radius 1 is 0.225 bits per heavy atom. The van der Waals surface area contributed by atoms with Gasteiger partial charge in [-0.2, -0.15) is 0 Å². The summed E-state index contributed by atoms with van der Waals surface area (Å²) in [4.78, 5) is 0. The van der Waals surface area contributed by atoms with Gasteiger partial charge < -0.3 is 24.0 Å². The van der Waals surface area contributed by atoms with Crippen LogP contribution in [0, 0.1) is 0 Å². The lowest BCUT2D eigenvalue weighted by Crippen LogP contribution is -3.00. The van der Waals surface area contributed by atoms with E-state index in [-0.39, 0.29) is 24.0 Å². The largest absolute Gasteiger partial charge is 1.00 e. The predicted octanol–water partition coefficient (Wildman–Crippen LogP) is 11.8. The summed E-state index contributed by atoms with van der Waals surface area (Å²) in [6.45, 7) is 9.44. The second-order valence-corrected chi connectivity index (χ2v) is 17.9. The summed E-state index contributed by atoms with van der Waals surface area (Å²) in [7, 11) is -0.715. The lowest BCUT2D eigenvalue weighted by Gasteiger charge is -2.28. The highest BCUT2D eigenvalue weighted by Crippen LogP contribution is 2.61. The summed E-state index contributed by atoms with van der Waals surface area (Å²) in [6.07, 6.45) is 51.1. The second kappa shape index (κ2) is 36.4. The van der Waals surface area contributed by atoms with Crippen molar-refractivity contribution < 1.29 is 24.0 Å². The SMILES string of the molecule is CCCCCCCCCCCCCC[P+](CCCCC)(CCCCC)CCCCCCCCCCCCCC.[I-]. The van der Waals surface area contributed by atoms with Crippen molar-refractivity contribution in [1.82, 2.24) is 0 Å². The van der Waals surface area contributed by atoms with Crippen molar-refractivity contribution >= 4 is 7.26 Å². The monoisotopic (exact) mass is 695 g/mol. The van der Waals surface area contributed by atoms with Crippen LogP contribution in [0.5, 0.6) is 0 Å². The van der Waals surface area contributed by atoms with E-state index in [4.69, 9.17) is 0 Å². The third kappa shape index (κ3) is 30.6. The van der Waals surface area contributed by atoms with Gasteiger partial charge >= 0.3 is 0 Å². The standard InChI is InChI=1S/C38H80P.HI/c1-5-9-13-15-17-19-21-23-25-27-29-33-37-39(35-31-11-7-3,36-32-12-8-4)38-34-30-28-26-24-22-20-18-16-14-10-6-2;/h5-38H2,1-4H3;1H/q+1;/p-1. The quantitative estimate of drug-likeness (QED) is 0.0357. The van der Waals surface area contributed by atoms with Gasteiger partial charge in [-0.15, -0.1) is 0 Å². The number of halogens is 1. The van der Waals surface area contributed by atoms with Gasteiger partial charge in [0, 0.05) is 7.26 Å². The van der Waals surface area contributed by atoms with Gasteiger partial charge in [-0.3, -0.25) is 0 Å². The number of hydrogen-bond donors (Lipinski definition) is 0. The lowest BCUT2D eigenvalue weighted by molar-refractivity contribution is -0.00000887. The molecule has 0 amide bonds. The van der Waals surface area contributed by atoms with Crippen LogP contribution in [0.2, 0.25) is 0 Å². The molecule has 0 rings (SSSR count). The van der Waals surface area contributed by atoms with Crippen LogP contribution in [0.15, 0.2) is 0 Å². The molecule has 0 fully saturated rings. The van der Waals surface area contributed by atoms with Crippen molar-refractivity contribution in [2.75, 3.05) is 24.6 Å². The lowest BCUT2D eigenvalue weighted by atomic mass is 10.1. The van der Waals surface area contributed by atoms with Crippen LogP contribution in [0.25, 0.3) is 0 Å². The minimum atomic E-state index is -0.715. The first-order valence-electron chi connectivity index (χ1n) is 19.1. The van der Waals surface area contributed by atoms with E-state index in [1.165, 1.54) is 180 Å². The van der Waals surface area contributed by atoms with E-state index in [1.54, 1.807) is 37.5 Å². The summed E-state index contributed by atoms with van der Waals surface area (Å²) in [6, 6.07) is 0. The van der Waals surface area contributed by atoms with Crippen molar-refractivity contribution in [2.24, 2.45) is 0 Å². The maximum atomic E-state index is 2.40. The summed E-state index contributed by atoms with van der Waals surface area (Å²) < 4.78 is 0. The fourth-order valence-corrected chi connectivity index (χ4v) is 11.6. The van der Waals surface area contributed by atoms with Crippen molar-refractivity contribution in [3.8, 4) is 0 Å². The molecule has 0 bridgehead atoms. The van der Waals surface area contributed by atoms with Gasteiger partial charge in [-0.1, -0.05) is 182 Å². The van der Waals surface area contributed by atoms with Crippen molar-refractivity contribution in [2.45, 2.75) is 220 Å². The first-order valence-corrected chi connectivity index (χ1v) is 21.6. The van der Waals surface area contributed by atoms with Gasteiger partial charge in [-0.25, -0.2) is 0 Å². The third-order valence-electron chi connectivity index (χ3n) is 9.44. The Balaban J connectivity index is 0. The first-order chi connectivity index (χ1) is 19.2. The minimum absolute atomic E-state index is 0. The molecule has 0 aliphatic carbocycles. The topological polar surface area (TPSA) is 0 Å². The summed E-state index contributed by atoms with van der Waals surface area (Å²) in [5.74, 6) is 0. The predicted molar refractivity (Wildman–Crippen MR) is 188 cm³/mol. The molecular weight excluding hydrogens is 614 g/mol. The van der Waals surface area contributed by atoms with Crippen LogP contribution in [-0.4, -0.2) is 24.6 Å². The molecule has 0 saturated carbocycles. The van der Waals surface area contributed by atoms with Crippen molar-refractivity contribution in [3.05, 3.63) is 0 Å². The highest BCUT2D eigenvalue weighted by atomic mass is 127. The normalized spacial score (nSPS) is 11.7. The van der Waals surface area contributed by atoms with Gasteiger partial charge in [0.15, 0.2) is 0 Å². The van der Waals surface area contributed by atoms with Gasteiger partial charge in [0.2, 0.25) is 0 Å². The first kappa shape index (κ1) is 43.3. The van der Waals surface area contributed by atoms with Gasteiger partial charge in [0.05, 0.1) is 24.6 Å². The molecule has 40 heavy (non-hydrogen) atoms. The van der Waals surface area contributed by atoms with Gasteiger partial charge in [-0.05, 0) is 38.5 Å². The molecule has 0 aromatic heterocycles. The number of unbranched alkanes of at least 4 members (excludes halogenated alkanes) is 26. The average molecular weight is 695 g/mol. The van der Waals surface area contributed by atoms with E-state index >= 15 is 0 Å². The molecule has 0 nitrogen and oxygen atoms in total. The smallest absolute Gasteiger partial charge is 0.0594 e. The van der Waals surface area contributed by atoms with E-state index in [0.29, 0.717) is 0 Å². The number of hydrogen-bond acceptors (Lipinski definition) is 0. The maximum absolute atomic E-state index is 2.40. The van der Waals surface area contributed by atoms with Crippen LogP contribution in [0.3, 0.4) is 0 Å². The highest BCUT2D eigenvalue weighted by Gasteiger charge is 2.34. The van der Waals surface area contributed by atoms with E-state index in [9.17, 15) is 0 Å². The number of rotatable bonds is 34. The van der Waals surface area contributed by atoms with Crippen molar-refractivity contribution in [1.29, 1.82) is 0 Å². The fraction of sp³-hybridized carbons (Fsp3) is 1.00. The molecule has 0 aliphatic rings. The molecule has 0 aromatic rings. The Bertz CT molecular complexity index is 397. The maximum Gasteiger partial charge on any atom is 0.0594 e. The Hall–Kier alpha value is 1.16. The Morgan fingerprint density at radius 3 is 0.600 bits per heavy atom. The minimum Gasteiger partial charge on any atom is -1.00 e. The fourth-order valence-electron chi connectivity index (χ4n) is 6.64. The zero-order valence-electron chi connectivity index (χ0n) is 28.9. The van der Waals surface area contributed by atoms with Crippen LogP contribution < -0.4 is 24.0 Å². The van der Waals surface area contributed by atoms with E-state index in [0.717, 1.165) is 0 Å². The van der Waals surface area contributed by atoms with Gasteiger partial charge in [0.25, 0.3) is 0 Å². The molecule has 0 atom stereocenters. The van der Waals surface area contributed by atoms with Crippen molar-refractivity contribution in [3.63, 3.8) is 0 Å².